The van der Waals surface area contributed by atoms with E-state index in [-0.39, 0.29) is 0 Å². The van der Waals surface area contributed by atoms with Crippen molar-refractivity contribution < 1.29 is 0 Å². The fraction of sp³-hybridized carbons (Fsp3) is 0.647. The molecule has 0 spiro atoms. The molecule has 0 aromatic heterocycles. The van der Waals surface area contributed by atoms with Gasteiger partial charge in [-0.05, 0) is 32.4 Å². The maximum absolute atomic E-state index is 3.67. The highest BCUT2D eigenvalue weighted by Gasteiger charge is 2.18. The van der Waals surface area contributed by atoms with Gasteiger partial charge in [-0.3, -0.25) is 0 Å². The average molecular weight is 253 g/mol. The van der Waals surface area contributed by atoms with E-state index < -0.39 is 0 Å². The molecule has 0 fully saturated rings. The van der Waals surface area contributed by atoms with Crippen molar-refractivity contribution in [3.8, 4) is 0 Å². The van der Waals surface area contributed by atoms with Crippen LogP contribution in [-0.4, -0.2) is 13.1 Å². The van der Waals surface area contributed by atoms with Gasteiger partial charge in [0.2, 0.25) is 0 Å². The van der Waals surface area contributed by atoms with Gasteiger partial charge in [-0.1, -0.05) is 71.9 Å². The molecule has 18 heavy (non-hydrogen) atoms. The Morgan fingerprint density at radius 2 is 1.61 bits per heavy atom. The molecule has 1 N–H and O–H groups in total. The van der Waals surface area contributed by atoms with Crippen LogP contribution in [0.25, 0.3) is 0 Å². The lowest BCUT2D eigenvalue weighted by atomic mass is 10.1. The first kappa shape index (κ1) is 22.4. The third kappa shape index (κ3) is 9.23. The van der Waals surface area contributed by atoms with Gasteiger partial charge in [0.25, 0.3) is 0 Å². The van der Waals surface area contributed by atoms with Crippen LogP contribution in [0, 0.1) is 0 Å². The van der Waals surface area contributed by atoms with Gasteiger partial charge >= 0.3 is 0 Å². The van der Waals surface area contributed by atoms with E-state index in [2.05, 4.69) is 24.9 Å². The van der Waals surface area contributed by atoms with Crippen LogP contribution >= 0.6 is 0 Å². The van der Waals surface area contributed by atoms with Crippen LogP contribution in [0.15, 0.2) is 36.0 Å². The summed E-state index contributed by atoms with van der Waals surface area (Å²) in [6.45, 7) is 17.9. The minimum absolute atomic E-state index is 0.557. The Bertz CT molecular complexity index is 224. The molecule has 1 heteroatoms. The summed E-state index contributed by atoms with van der Waals surface area (Å²) < 4.78 is 0. The van der Waals surface area contributed by atoms with Gasteiger partial charge in [0.1, 0.15) is 0 Å². The molecule has 0 aromatic rings. The van der Waals surface area contributed by atoms with E-state index in [1.807, 2.05) is 60.7 Å². The molecule has 108 valence electrons. The standard InChI is InChI=1S/C11H17N.3C2H6/c1-4-5-6-10-9(2)7-8-11(10)12-3;3*1-2/h4-6,11-12H,1,7-8H2,2-3H3;3*1-2H3/b6-5-;;;/t11-;;;/m0.../s1. The molecule has 0 saturated carbocycles. The monoisotopic (exact) mass is 253 g/mol. The normalized spacial score (nSPS) is 17.0. The minimum Gasteiger partial charge on any atom is -0.313 e. The van der Waals surface area contributed by atoms with Crippen LogP contribution in [0.5, 0.6) is 0 Å². The lowest BCUT2D eigenvalue weighted by molar-refractivity contribution is 0.635. The molecule has 0 unspecified atom stereocenters. The molecule has 1 nitrogen and oxygen atoms in total. The number of nitrogens with one attached hydrogen (secondary N) is 1. The Morgan fingerprint density at radius 1 is 1.11 bits per heavy atom. The van der Waals surface area contributed by atoms with Gasteiger partial charge in [0, 0.05) is 6.04 Å². The highest BCUT2D eigenvalue weighted by atomic mass is 14.9. The summed E-state index contributed by atoms with van der Waals surface area (Å²) in [6.07, 6.45) is 8.46. The number of rotatable bonds is 3. The lowest BCUT2D eigenvalue weighted by Crippen LogP contribution is -2.23. The maximum atomic E-state index is 3.67. The quantitative estimate of drug-likeness (QED) is 0.654. The molecule has 1 aliphatic rings. The van der Waals surface area contributed by atoms with E-state index in [9.17, 15) is 0 Å². The van der Waals surface area contributed by atoms with Gasteiger partial charge < -0.3 is 5.32 Å². The summed E-state index contributed by atoms with van der Waals surface area (Å²) in [7, 11) is 2.02. The van der Waals surface area contributed by atoms with Crippen LogP contribution in [-0.2, 0) is 0 Å². The summed E-state index contributed by atoms with van der Waals surface area (Å²) in [5.41, 5.74) is 2.95. The molecular weight excluding hydrogens is 218 g/mol. The van der Waals surface area contributed by atoms with E-state index in [1.54, 1.807) is 0 Å². The van der Waals surface area contributed by atoms with Crippen molar-refractivity contribution in [2.45, 2.75) is 67.3 Å². The summed E-state index contributed by atoms with van der Waals surface area (Å²) in [6, 6.07) is 0.557. The van der Waals surface area contributed by atoms with E-state index in [1.165, 1.54) is 24.0 Å². The number of allylic oxidation sites excluding steroid dienone is 3. The van der Waals surface area contributed by atoms with Crippen LogP contribution < -0.4 is 5.32 Å². The first-order valence-corrected chi connectivity index (χ1v) is 7.45. The molecule has 0 radical (unpaired) electrons. The second kappa shape index (κ2) is 18.5. The van der Waals surface area contributed by atoms with E-state index in [0.29, 0.717) is 6.04 Å². The van der Waals surface area contributed by atoms with Crippen molar-refractivity contribution in [3.05, 3.63) is 36.0 Å². The van der Waals surface area contributed by atoms with Crippen molar-refractivity contribution in [2.75, 3.05) is 7.05 Å². The largest absolute Gasteiger partial charge is 0.313 e. The number of hydrogen-bond acceptors (Lipinski definition) is 1. The number of likely N-dealkylation sites (N-methyl/N-ethyl adjacent to an activating group) is 1. The summed E-state index contributed by atoms with van der Waals surface area (Å²) in [5, 5.41) is 3.31. The fourth-order valence-corrected chi connectivity index (χ4v) is 1.69. The lowest BCUT2D eigenvalue weighted by Gasteiger charge is -2.10. The van der Waals surface area contributed by atoms with Crippen LogP contribution in [0.4, 0.5) is 0 Å². The third-order valence-corrected chi connectivity index (χ3v) is 2.44. The molecule has 1 rings (SSSR count). The van der Waals surface area contributed by atoms with Gasteiger partial charge in [-0.25, -0.2) is 0 Å². The van der Waals surface area contributed by atoms with E-state index in [4.69, 9.17) is 0 Å². The Morgan fingerprint density at radius 3 is 2.00 bits per heavy atom. The zero-order valence-corrected chi connectivity index (χ0v) is 13.9. The molecule has 1 aliphatic carbocycles. The van der Waals surface area contributed by atoms with Crippen molar-refractivity contribution in [3.63, 3.8) is 0 Å². The smallest absolute Gasteiger partial charge is 0.0320 e. The second-order valence-electron chi connectivity index (χ2n) is 3.21. The predicted octanol–water partition coefficient (Wildman–Crippen LogP) is 5.51. The average Bonchev–Trinajstić information content (AvgIpc) is 2.83. The molecule has 0 saturated heterocycles. The fourth-order valence-electron chi connectivity index (χ4n) is 1.69. The molecule has 0 amide bonds. The summed E-state index contributed by atoms with van der Waals surface area (Å²) >= 11 is 0. The molecule has 0 aromatic carbocycles. The molecule has 0 bridgehead atoms. The van der Waals surface area contributed by atoms with Crippen molar-refractivity contribution in [2.24, 2.45) is 0 Å². The van der Waals surface area contributed by atoms with E-state index >= 15 is 0 Å². The Balaban J connectivity index is -0.000000328. The van der Waals surface area contributed by atoms with Crippen molar-refractivity contribution in [1.82, 2.24) is 5.32 Å². The number of hydrogen-bond donors (Lipinski definition) is 1. The predicted molar refractivity (Wildman–Crippen MR) is 88.2 cm³/mol. The third-order valence-electron chi connectivity index (χ3n) is 2.44. The topological polar surface area (TPSA) is 12.0 Å². The molecule has 0 heterocycles. The zero-order chi connectivity index (χ0) is 15.0. The molecule has 0 aliphatic heterocycles. The van der Waals surface area contributed by atoms with Crippen LogP contribution in [0.1, 0.15) is 61.3 Å². The Kier molecular flexibility index (Phi) is 23.0. The zero-order valence-electron chi connectivity index (χ0n) is 13.9. The highest BCUT2D eigenvalue weighted by molar-refractivity contribution is 5.35. The molecule has 1 atom stereocenters. The van der Waals surface area contributed by atoms with Gasteiger partial charge in [-0.15, -0.1) is 0 Å². The van der Waals surface area contributed by atoms with Gasteiger partial charge in [0.15, 0.2) is 0 Å². The highest BCUT2D eigenvalue weighted by Crippen LogP contribution is 2.26. The Hall–Kier alpha value is -0.820. The first-order valence-electron chi connectivity index (χ1n) is 7.45. The Labute approximate surface area is 116 Å². The molecular formula is C17H35N. The van der Waals surface area contributed by atoms with Gasteiger partial charge in [-0.2, -0.15) is 0 Å². The second-order valence-corrected chi connectivity index (χ2v) is 3.21. The minimum atomic E-state index is 0.557. The van der Waals surface area contributed by atoms with Gasteiger partial charge in [0.05, 0.1) is 0 Å². The van der Waals surface area contributed by atoms with Crippen molar-refractivity contribution in [1.29, 1.82) is 0 Å². The van der Waals surface area contributed by atoms with E-state index in [0.717, 1.165) is 0 Å². The SMILES string of the molecule is C=C/C=C\C1=C(C)CC[C@@H]1NC.CC.CC.CC. The van der Waals surface area contributed by atoms with Crippen molar-refractivity contribution >= 4 is 0 Å². The van der Waals surface area contributed by atoms with Crippen LogP contribution in [0.3, 0.4) is 0 Å². The van der Waals surface area contributed by atoms with Crippen LogP contribution in [0.2, 0.25) is 0 Å². The maximum Gasteiger partial charge on any atom is 0.0320 e. The summed E-state index contributed by atoms with van der Waals surface area (Å²) in [5.74, 6) is 0. The summed E-state index contributed by atoms with van der Waals surface area (Å²) in [4.78, 5) is 0. The first-order chi connectivity index (χ1) is 8.79.